The van der Waals surface area contributed by atoms with Crippen molar-refractivity contribution >= 4 is 11.6 Å². The zero-order valence-electron chi connectivity index (χ0n) is 9.35. The van der Waals surface area contributed by atoms with Gasteiger partial charge in [-0.2, -0.15) is 0 Å². The Morgan fingerprint density at radius 3 is 2.82 bits per heavy atom. The summed E-state index contributed by atoms with van der Waals surface area (Å²) in [7, 11) is 0. The van der Waals surface area contributed by atoms with Crippen molar-refractivity contribution in [2.75, 3.05) is 0 Å². The van der Waals surface area contributed by atoms with Gasteiger partial charge in [-0.1, -0.05) is 11.6 Å². The molecular formula is C12H12ClN3O. The van der Waals surface area contributed by atoms with Crippen LogP contribution in [0.1, 0.15) is 11.3 Å². The number of nitrogens with zero attached hydrogens (tertiary/aromatic N) is 2. The van der Waals surface area contributed by atoms with Crippen LogP contribution in [0.15, 0.2) is 30.6 Å². The molecule has 2 aromatic rings. The Hall–Kier alpha value is -1.65. The molecular weight excluding hydrogens is 238 g/mol. The average Bonchev–Trinajstić information content (AvgIpc) is 2.28. The van der Waals surface area contributed by atoms with Crippen molar-refractivity contribution in [3.05, 3.63) is 46.9 Å². The van der Waals surface area contributed by atoms with Crippen LogP contribution in [-0.2, 0) is 6.54 Å². The van der Waals surface area contributed by atoms with Crippen LogP contribution in [0.25, 0.3) is 0 Å². The van der Waals surface area contributed by atoms with Gasteiger partial charge in [0.05, 0.1) is 11.2 Å². The topological polar surface area (TPSA) is 61.0 Å². The fraction of sp³-hybridized carbons (Fsp3) is 0.167. The summed E-state index contributed by atoms with van der Waals surface area (Å²) in [6.07, 6.45) is 3.13. The number of rotatable bonds is 3. The van der Waals surface area contributed by atoms with E-state index in [1.165, 1.54) is 0 Å². The first-order chi connectivity index (χ1) is 8.17. The number of hydrogen-bond acceptors (Lipinski definition) is 4. The van der Waals surface area contributed by atoms with Gasteiger partial charge in [-0.3, -0.25) is 4.98 Å². The van der Waals surface area contributed by atoms with E-state index in [4.69, 9.17) is 22.1 Å². The Morgan fingerprint density at radius 1 is 1.29 bits per heavy atom. The van der Waals surface area contributed by atoms with E-state index in [2.05, 4.69) is 9.97 Å². The maximum Gasteiger partial charge on any atom is 0.219 e. The van der Waals surface area contributed by atoms with Crippen LogP contribution in [0.3, 0.4) is 0 Å². The monoisotopic (exact) mass is 249 g/mol. The lowest BCUT2D eigenvalue weighted by Crippen LogP contribution is -1.99. The van der Waals surface area contributed by atoms with Crippen molar-refractivity contribution in [2.45, 2.75) is 13.5 Å². The smallest absolute Gasteiger partial charge is 0.219 e. The predicted octanol–water partition coefficient (Wildman–Crippen LogP) is 2.69. The van der Waals surface area contributed by atoms with Crippen molar-refractivity contribution in [3.8, 4) is 11.6 Å². The first-order valence-electron chi connectivity index (χ1n) is 5.13. The second kappa shape index (κ2) is 5.12. The molecule has 0 radical (unpaired) electrons. The number of hydrogen-bond donors (Lipinski definition) is 1. The maximum atomic E-state index is 5.82. The van der Waals surface area contributed by atoms with Crippen molar-refractivity contribution in [1.82, 2.24) is 9.97 Å². The van der Waals surface area contributed by atoms with E-state index in [1.807, 2.05) is 13.0 Å². The molecule has 2 rings (SSSR count). The number of aromatic nitrogens is 2. The largest absolute Gasteiger partial charge is 0.437 e. The zero-order valence-corrected chi connectivity index (χ0v) is 10.1. The van der Waals surface area contributed by atoms with Gasteiger partial charge in [0.25, 0.3) is 0 Å². The Labute approximate surface area is 104 Å². The minimum Gasteiger partial charge on any atom is -0.437 e. The lowest BCUT2D eigenvalue weighted by Gasteiger charge is -2.07. The van der Waals surface area contributed by atoms with E-state index in [0.29, 0.717) is 23.2 Å². The normalized spacial score (nSPS) is 10.3. The van der Waals surface area contributed by atoms with Crippen molar-refractivity contribution in [1.29, 1.82) is 0 Å². The summed E-state index contributed by atoms with van der Waals surface area (Å²) in [5, 5.41) is 0.522. The summed E-state index contributed by atoms with van der Waals surface area (Å²) in [6, 6.07) is 5.40. The van der Waals surface area contributed by atoms with Crippen LogP contribution in [0.4, 0.5) is 0 Å². The SMILES string of the molecule is Cc1cc(CN)cc(Oc2cncc(Cl)c2)n1. The molecule has 88 valence electrons. The predicted molar refractivity (Wildman–Crippen MR) is 66.2 cm³/mol. The summed E-state index contributed by atoms with van der Waals surface area (Å²) >= 11 is 5.82. The minimum absolute atomic E-state index is 0.452. The fourth-order valence-electron chi connectivity index (χ4n) is 1.45. The van der Waals surface area contributed by atoms with Crippen molar-refractivity contribution in [3.63, 3.8) is 0 Å². The Bertz CT molecular complexity index is 531. The molecule has 0 aromatic carbocycles. The molecule has 0 atom stereocenters. The van der Waals surface area contributed by atoms with Gasteiger partial charge in [0.1, 0.15) is 5.75 Å². The molecule has 0 amide bonds. The number of pyridine rings is 2. The van der Waals surface area contributed by atoms with E-state index in [1.54, 1.807) is 24.5 Å². The number of halogens is 1. The molecule has 5 heteroatoms. The molecule has 0 spiro atoms. The summed E-state index contributed by atoms with van der Waals surface area (Å²) < 4.78 is 5.57. The van der Waals surface area contributed by atoms with Crippen LogP contribution in [0.5, 0.6) is 11.6 Å². The molecule has 0 unspecified atom stereocenters. The van der Waals surface area contributed by atoms with Crippen LogP contribution >= 0.6 is 11.6 Å². The highest BCUT2D eigenvalue weighted by Crippen LogP contribution is 2.22. The lowest BCUT2D eigenvalue weighted by atomic mass is 10.2. The van der Waals surface area contributed by atoms with Gasteiger partial charge < -0.3 is 10.5 Å². The second-order valence-electron chi connectivity index (χ2n) is 3.60. The minimum atomic E-state index is 0.452. The molecule has 0 aliphatic carbocycles. The molecule has 0 aliphatic rings. The van der Waals surface area contributed by atoms with Crippen LogP contribution in [0.2, 0.25) is 5.02 Å². The highest BCUT2D eigenvalue weighted by Gasteiger charge is 2.03. The van der Waals surface area contributed by atoms with Gasteiger partial charge >= 0.3 is 0 Å². The van der Waals surface area contributed by atoms with E-state index >= 15 is 0 Å². The number of ether oxygens (including phenoxy) is 1. The molecule has 17 heavy (non-hydrogen) atoms. The second-order valence-corrected chi connectivity index (χ2v) is 4.04. The molecule has 2 N–H and O–H groups in total. The quantitative estimate of drug-likeness (QED) is 0.909. The van der Waals surface area contributed by atoms with E-state index in [9.17, 15) is 0 Å². The van der Waals surface area contributed by atoms with Crippen molar-refractivity contribution in [2.24, 2.45) is 5.73 Å². The first-order valence-corrected chi connectivity index (χ1v) is 5.51. The Morgan fingerprint density at radius 2 is 2.12 bits per heavy atom. The summed E-state index contributed by atoms with van der Waals surface area (Å²) in [4.78, 5) is 8.19. The highest BCUT2D eigenvalue weighted by molar-refractivity contribution is 6.30. The van der Waals surface area contributed by atoms with Gasteiger partial charge in [0.15, 0.2) is 0 Å². The molecule has 0 fully saturated rings. The fourth-order valence-corrected chi connectivity index (χ4v) is 1.61. The Balaban J connectivity index is 2.26. The molecule has 2 heterocycles. The van der Waals surface area contributed by atoms with Crippen LogP contribution in [-0.4, -0.2) is 9.97 Å². The lowest BCUT2D eigenvalue weighted by molar-refractivity contribution is 0.458. The zero-order chi connectivity index (χ0) is 12.3. The molecule has 0 saturated carbocycles. The first kappa shape index (κ1) is 11.8. The standard InChI is InChI=1S/C12H12ClN3O/c1-8-2-9(5-14)3-12(16-8)17-11-4-10(13)6-15-7-11/h2-4,6-7H,5,14H2,1H3. The third-order valence-electron chi connectivity index (χ3n) is 2.13. The van der Waals surface area contributed by atoms with Gasteiger partial charge in [-0.25, -0.2) is 4.98 Å². The van der Waals surface area contributed by atoms with Gasteiger partial charge in [0.2, 0.25) is 5.88 Å². The van der Waals surface area contributed by atoms with Crippen LogP contribution < -0.4 is 10.5 Å². The molecule has 2 aromatic heterocycles. The summed E-state index contributed by atoms with van der Waals surface area (Å²) in [5.41, 5.74) is 7.42. The highest BCUT2D eigenvalue weighted by atomic mass is 35.5. The van der Waals surface area contributed by atoms with Gasteiger partial charge in [-0.15, -0.1) is 0 Å². The molecule has 4 nitrogen and oxygen atoms in total. The average molecular weight is 250 g/mol. The van der Waals surface area contributed by atoms with Crippen molar-refractivity contribution < 1.29 is 4.74 Å². The maximum absolute atomic E-state index is 5.82. The van der Waals surface area contributed by atoms with E-state index in [0.717, 1.165) is 11.3 Å². The number of nitrogens with two attached hydrogens (primary N) is 1. The van der Waals surface area contributed by atoms with Gasteiger partial charge in [0, 0.05) is 30.6 Å². The Kier molecular flexibility index (Phi) is 3.56. The third-order valence-corrected chi connectivity index (χ3v) is 2.33. The molecule has 0 aliphatic heterocycles. The van der Waals surface area contributed by atoms with Gasteiger partial charge in [-0.05, 0) is 18.6 Å². The van der Waals surface area contributed by atoms with E-state index in [-0.39, 0.29) is 0 Å². The number of aryl methyl sites for hydroxylation is 1. The molecule has 0 bridgehead atoms. The summed E-state index contributed by atoms with van der Waals surface area (Å²) in [5.74, 6) is 1.05. The van der Waals surface area contributed by atoms with E-state index < -0.39 is 0 Å². The third kappa shape index (κ3) is 3.15. The van der Waals surface area contributed by atoms with Crippen LogP contribution in [0, 0.1) is 6.92 Å². The summed E-state index contributed by atoms with van der Waals surface area (Å²) in [6.45, 7) is 2.34. The molecule has 0 saturated heterocycles.